The van der Waals surface area contributed by atoms with Gasteiger partial charge in [-0.15, -0.1) is 0 Å². The molecule has 4 fully saturated rings. The number of Topliss-reactive ketones (excluding diaryl/α,β-unsaturated/α-hetero) is 2. The minimum atomic E-state index is -0.701. The molecule has 2 heteroatoms. The highest BCUT2D eigenvalue weighted by Gasteiger charge is 2.85. The Bertz CT molecular complexity index is 1270. The minimum absolute atomic E-state index is 0.145. The van der Waals surface area contributed by atoms with Gasteiger partial charge in [0.1, 0.15) is 11.6 Å². The number of allylic oxidation sites excluding steroid dienone is 2. The average molecular weight is 535 g/mol. The number of ketones is 2. The van der Waals surface area contributed by atoms with E-state index in [0.29, 0.717) is 24.4 Å². The topological polar surface area (TPSA) is 34.1 Å². The van der Waals surface area contributed by atoms with Gasteiger partial charge in [-0.1, -0.05) is 127 Å². The van der Waals surface area contributed by atoms with Crippen LogP contribution >= 0.6 is 0 Å². The summed E-state index contributed by atoms with van der Waals surface area (Å²) < 4.78 is 0. The zero-order chi connectivity index (χ0) is 28.6. The molecule has 0 aromatic heterocycles. The normalized spacial score (nSPS) is 39.2. The summed E-state index contributed by atoms with van der Waals surface area (Å²) in [7, 11) is 0. The fourth-order valence-electron chi connectivity index (χ4n) is 10.6. The molecule has 0 saturated heterocycles. The Labute approximate surface area is 241 Å². The van der Waals surface area contributed by atoms with Gasteiger partial charge in [0.05, 0.1) is 0 Å². The Morgan fingerprint density at radius 3 is 1.25 bits per heavy atom. The van der Waals surface area contributed by atoms with Crippen molar-refractivity contribution < 1.29 is 9.59 Å². The molecule has 4 aliphatic carbocycles. The minimum Gasteiger partial charge on any atom is -0.298 e. The van der Waals surface area contributed by atoms with Crippen LogP contribution in [0.2, 0.25) is 0 Å². The molecular weight excluding hydrogens is 488 g/mol. The van der Waals surface area contributed by atoms with Crippen molar-refractivity contribution in [1.82, 2.24) is 0 Å². The van der Waals surface area contributed by atoms with Crippen molar-refractivity contribution in [2.75, 3.05) is 0 Å². The van der Waals surface area contributed by atoms with Gasteiger partial charge < -0.3 is 0 Å². The zero-order valence-electron chi connectivity index (χ0n) is 25.3. The Balaban J connectivity index is 1.56. The lowest BCUT2D eigenvalue weighted by atomic mass is 9.45. The molecule has 6 atom stereocenters. The fourth-order valence-corrected chi connectivity index (χ4v) is 10.6. The monoisotopic (exact) mass is 534 g/mol. The molecule has 6 rings (SSSR count). The number of fused-ring (bicyclic) bond motifs is 4. The van der Waals surface area contributed by atoms with Crippen LogP contribution in [0.4, 0.5) is 0 Å². The summed E-state index contributed by atoms with van der Waals surface area (Å²) in [6.45, 7) is 13.7. The Hall–Kier alpha value is -2.74. The molecule has 2 nitrogen and oxygen atoms in total. The van der Waals surface area contributed by atoms with Gasteiger partial charge in [-0.25, -0.2) is 0 Å². The zero-order valence-corrected chi connectivity index (χ0v) is 25.3. The van der Waals surface area contributed by atoms with Crippen LogP contribution < -0.4 is 0 Å². The first-order chi connectivity index (χ1) is 18.9. The van der Waals surface area contributed by atoms with Crippen LogP contribution in [-0.4, -0.2) is 11.6 Å². The number of hydrogen-bond acceptors (Lipinski definition) is 2. The third-order valence-electron chi connectivity index (χ3n) is 13.4. The molecule has 0 unspecified atom stereocenters. The standard InChI is InChI=1S/C38H46O2/c1-33(2)29-21-25-35(33,5)31(39)37(29,23-13-19-27-15-9-7-10-16-27)38(24-14-20-28-17-11-8-12-18-28)30-22-26-36(6,32(38)40)34(30,3)4/h7-20,29-30H,21-26H2,1-6H3/b19-13-,20-14+/t29-,30+,35+,36-,37-,38+/m1/s1. The second kappa shape index (κ2) is 8.88. The first-order valence-electron chi connectivity index (χ1n) is 15.4. The van der Waals surface area contributed by atoms with E-state index in [-0.39, 0.29) is 22.7 Å². The maximum Gasteiger partial charge on any atom is 0.147 e. The van der Waals surface area contributed by atoms with Crippen molar-refractivity contribution in [3.63, 3.8) is 0 Å². The third-order valence-corrected chi connectivity index (χ3v) is 13.4. The highest BCUT2D eigenvalue weighted by atomic mass is 16.1. The summed E-state index contributed by atoms with van der Waals surface area (Å²) in [6.07, 6.45) is 14.0. The van der Waals surface area contributed by atoms with Gasteiger partial charge in [0.25, 0.3) is 0 Å². The SMILES string of the molecule is CC1(C)[C@H]2CC[C@@]1(C)C(=O)[C@]2(C/C=C\c1ccccc1)[C@]1(C/C=C/c2ccccc2)C(=O)[C@@]2(C)CC[C@H]1C2(C)C. The number of carbonyl (C=O) groups is 2. The molecular formula is C38H46O2. The summed E-state index contributed by atoms with van der Waals surface area (Å²) in [5, 5.41) is 0. The van der Waals surface area contributed by atoms with E-state index < -0.39 is 21.7 Å². The molecule has 2 aromatic carbocycles. The largest absolute Gasteiger partial charge is 0.298 e. The fraction of sp³-hybridized carbons (Fsp3) is 0.526. The highest BCUT2D eigenvalue weighted by Crippen LogP contribution is 2.83. The Morgan fingerprint density at radius 2 is 0.950 bits per heavy atom. The summed E-state index contributed by atoms with van der Waals surface area (Å²) in [5.41, 5.74) is -0.211. The second-order valence-corrected chi connectivity index (χ2v) is 14.9. The highest BCUT2D eigenvalue weighted by molar-refractivity contribution is 6.05. The van der Waals surface area contributed by atoms with Crippen LogP contribution in [0.15, 0.2) is 72.8 Å². The predicted octanol–water partition coefficient (Wildman–Crippen LogP) is 9.22. The van der Waals surface area contributed by atoms with E-state index in [4.69, 9.17) is 0 Å². The first-order valence-corrected chi connectivity index (χ1v) is 15.4. The molecule has 0 N–H and O–H groups in total. The summed E-state index contributed by atoms with van der Waals surface area (Å²) >= 11 is 0. The van der Waals surface area contributed by atoms with Gasteiger partial charge in [0.2, 0.25) is 0 Å². The predicted molar refractivity (Wildman–Crippen MR) is 164 cm³/mol. The summed E-state index contributed by atoms with van der Waals surface area (Å²) in [6, 6.07) is 20.7. The van der Waals surface area contributed by atoms with E-state index in [2.05, 4.69) is 114 Å². The lowest BCUT2D eigenvalue weighted by Crippen LogP contribution is -2.59. The van der Waals surface area contributed by atoms with Gasteiger partial charge in [-0.3, -0.25) is 9.59 Å². The van der Waals surface area contributed by atoms with Gasteiger partial charge in [0.15, 0.2) is 0 Å². The molecule has 4 saturated carbocycles. The molecule has 0 amide bonds. The maximum atomic E-state index is 15.2. The van der Waals surface area contributed by atoms with Crippen LogP contribution in [0.3, 0.4) is 0 Å². The van der Waals surface area contributed by atoms with Crippen molar-refractivity contribution in [3.8, 4) is 0 Å². The van der Waals surface area contributed by atoms with Crippen LogP contribution in [0.25, 0.3) is 12.2 Å². The van der Waals surface area contributed by atoms with Crippen molar-refractivity contribution in [1.29, 1.82) is 0 Å². The summed E-state index contributed by atoms with van der Waals surface area (Å²) in [5.74, 6) is 1.11. The first kappa shape index (κ1) is 27.4. The van der Waals surface area contributed by atoms with Gasteiger partial charge >= 0.3 is 0 Å². The van der Waals surface area contributed by atoms with Crippen molar-refractivity contribution in [2.24, 2.45) is 44.3 Å². The smallest absolute Gasteiger partial charge is 0.147 e. The van der Waals surface area contributed by atoms with Crippen LogP contribution in [0.5, 0.6) is 0 Å². The van der Waals surface area contributed by atoms with Crippen LogP contribution in [-0.2, 0) is 9.59 Å². The molecule has 4 bridgehead atoms. The Kier molecular flexibility index (Phi) is 6.09. The Morgan fingerprint density at radius 1 is 0.600 bits per heavy atom. The quantitative estimate of drug-likeness (QED) is 0.355. The molecule has 40 heavy (non-hydrogen) atoms. The molecule has 0 heterocycles. The van der Waals surface area contributed by atoms with Crippen LogP contribution in [0, 0.1) is 44.3 Å². The lowest BCUT2D eigenvalue weighted by Gasteiger charge is -2.55. The second-order valence-electron chi connectivity index (χ2n) is 14.9. The van der Waals surface area contributed by atoms with Gasteiger partial charge in [-0.05, 0) is 72.3 Å². The molecule has 4 aliphatic rings. The van der Waals surface area contributed by atoms with Crippen molar-refractivity contribution in [2.45, 2.75) is 80.1 Å². The van der Waals surface area contributed by atoms with Crippen LogP contribution in [0.1, 0.15) is 91.2 Å². The molecule has 0 spiro atoms. The van der Waals surface area contributed by atoms with Crippen molar-refractivity contribution in [3.05, 3.63) is 83.9 Å². The van der Waals surface area contributed by atoms with Crippen molar-refractivity contribution >= 4 is 23.7 Å². The van der Waals surface area contributed by atoms with E-state index in [1.807, 2.05) is 12.1 Å². The van der Waals surface area contributed by atoms with Gasteiger partial charge in [-0.2, -0.15) is 0 Å². The van der Waals surface area contributed by atoms with E-state index in [9.17, 15) is 0 Å². The average Bonchev–Trinajstić information content (AvgIpc) is 3.42. The molecule has 0 radical (unpaired) electrons. The van der Waals surface area contributed by atoms with E-state index in [1.165, 1.54) is 0 Å². The number of hydrogen-bond donors (Lipinski definition) is 0. The number of benzene rings is 2. The third kappa shape index (κ3) is 3.17. The van der Waals surface area contributed by atoms with Gasteiger partial charge in [0, 0.05) is 21.7 Å². The number of carbonyl (C=O) groups excluding carboxylic acids is 2. The lowest BCUT2D eigenvalue weighted by molar-refractivity contribution is -0.163. The summed E-state index contributed by atoms with van der Waals surface area (Å²) in [4.78, 5) is 30.4. The number of rotatable bonds is 7. The van der Waals surface area contributed by atoms with E-state index in [0.717, 1.165) is 36.8 Å². The van der Waals surface area contributed by atoms with E-state index >= 15 is 9.59 Å². The molecule has 2 aromatic rings. The maximum absolute atomic E-state index is 15.2. The molecule has 210 valence electrons. The molecule has 0 aliphatic heterocycles. The van der Waals surface area contributed by atoms with E-state index in [1.54, 1.807) is 0 Å².